The fourth-order valence-corrected chi connectivity index (χ4v) is 1.29. The van der Waals surface area contributed by atoms with E-state index in [0.717, 1.165) is 13.1 Å². The van der Waals surface area contributed by atoms with E-state index < -0.39 is 0 Å². The molecule has 0 saturated heterocycles. The van der Waals surface area contributed by atoms with Gasteiger partial charge in [-0.2, -0.15) is 0 Å². The number of ether oxygens (including phenoxy) is 1. The van der Waals surface area contributed by atoms with Crippen LogP contribution in [0.25, 0.3) is 0 Å². The molecule has 0 spiro atoms. The predicted molar refractivity (Wildman–Crippen MR) is 63.7 cm³/mol. The fraction of sp³-hybridized carbons (Fsp3) is 0.538. The molecule has 0 heterocycles. The van der Waals surface area contributed by atoms with Gasteiger partial charge in [0.15, 0.2) is 0 Å². The zero-order chi connectivity index (χ0) is 11.1. The molecule has 0 amide bonds. The van der Waals surface area contributed by atoms with Crippen molar-refractivity contribution in [2.45, 2.75) is 40.0 Å². The minimum Gasteiger partial charge on any atom is -0.374 e. The maximum Gasteiger partial charge on any atom is 0.0720 e. The van der Waals surface area contributed by atoms with Gasteiger partial charge in [-0.25, -0.2) is 0 Å². The van der Waals surface area contributed by atoms with Crippen LogP contribution in [0.5, 0.6) is 0 Å². The first-order valence-electron chi connectivity index (χ1n) is 5.62. The van der Waals surface area contributed by atoms with Crippen LogP contribution in [0.15, 0.2) is 24.3 Å². The lowest BCUT2D eigenvalue weighted by molar-refractivity contribution is 0.0657. The van der Waals surface area contributed by atoms with Gasteiger partial charge in [0, 0.05) is 6.54 Å². The molecule has 1 aromatic rings. The highest BCUT2D eigenvalue weighted by Gasteiger charge is 1.96. The van der Waals surface area contributed by atoms with Crippen molar-refractivity contribution >= 4 is 0 Å². The smallest absolute Gasteiger partial charge is 0.0720 e. The SMILES string of the molecule is CCNCc1ccc(COC(C)C)cc1. The third-order valence-electron chi connectivity index (χ3n) is 2.19. The third-order valence-corrected chi connectivity index (χ3v) is 2.19. The lowest BCUT2D eigenvalue weighted by Gasteiger charge is -2.08. The summed E-state index contributed by atoms with van der Waals surface area (Å²) in [4.78, 5) is 0. The quantitative estimate of drug-likeness (QED) is 0.774. The Labute approximate surface area is 92.6 Å². The monoisotopic (exact) mass is 207 g/mol. The molecule has 1 rings (SSSR count). The maximum absolute atomic E-state index is 5.53. The molecule has 0 aliphatic rings. The molecule has 1 N–H and O–H groups in total. The number of rotatable bonds is 6. The second kappa shape index (κ2) is 6.59. The zero-order valence-corrected chi connectivity index (χ0v) is 9.92. The van der Waals surface area contributed by atoms with Crippen LogP contribution >= 0.6 is 0 Å². The molecule has 0 unspecified atom stereocenters. The summed E-state index contributed by atoms with van der Waals surface area (Å²) < 4.78 is 5.53. The Morgan fingerprint density at radius 2 is 1.73 bits per heavy atom. The molecule has 0 saturated carbocycles. The van der Waals surface area contributed by atoms with Gasteiger partial charge in [0.05, 0.1) is 12.7 Å². The third kappa shape index (κ3) is 4.96. The maximum atomic E-state index is 5.53. The summed E-state index contributed by atoms with van der Waals surface area (Å²) in [5.41, 5.74) is 2.56. The molecule has 0 fully saturated rings. The second-order valence-electron chi connectivity index (χ2n) is 3.96. The summed E-state index contributed by atoms with van der Waals surface area (Å²) in [6, 6.07) is 8.58. The molecule has 2 nitrogen and oxygen atoms in total. The lowest BCUT2D eigenvalue weighted by Crippen LogP contribution is -2.11. The van der Waals surface area contributed by atoms with Gasteiger partial charge in [-0.15, -0.1) is 0 Å². The van der Waals surface area contributed by atoms with Gasteiger partial charge in [-0.05, 0) is 31.5 Å². The highest BCUT2D eigenvalue weighted by atomic mass is 16.5. The van der Waals surface area contributed by atoms with Gasteiger partial charge in [-0.1, -0.05) is 31.2 Å². The van der Waals surface area contributed by atoms with Crippen molar-refractivity contribution in [1.29, 1.82) is 0 Å². The standard InChI is InChI=1S/C13H21NO/c1-4-14-9-12-5-7-13(8-6-12)10-15-11(2)3/h5-8,11,14H,4,9-10H2,1-3H3. The summed E-state index contributed by atoms with van der Waals surface area (Å²) in [5.74, 6) is 0. The minimum atomic E-state index is 0.298. The van der Waals surface area contributed by atoms with E-state index in [2.05, 4.69) is 50.4 Å². The summed E-state index contributed by atoms with van der Waals surface area (Å²) in [6.07, 6.45) is 0.298. The van der Waals surface area contributed by atoms with E-state index in [0.29, 0.717) is 12.7 Å². The van der Waals surface area contributed by atoms with Crippen LogP contribution in [0.2, 0.25) is 0 Å². The van der Waals surface area contributed by atoms with Crippen LogP contribution in [0.4, 0.5) is 0 Å². The Kier molecular flexibility index (Phi) is 5.37. The Hall–Kier alpha value is -0.860. The van der Waals surface area contributed by atoms with Gasteiger partial charge < -0.3 is 10.1 Å². The highest BCUT2D eigenvalue weighted by Crippen LogP contribution is 2.06. The van der Waals surface area contributed by atoms with Gasteiger partial charge in [-0.3, -0.25) is 0 Å². The van der Waals surface area contributed by atoms with E-state index in [4.69, 9.17) is 4.74 Å². The molecule has 0 bridgehead atoms. The Bertz CT molecular complexity index is 266. The average molecular weight is 207 g/mol. The van der Waals surface area contributed by atoms with Crippen molar-refractivity contribution in [2.75, 3.05) is 6.54 Å². The van der Waals surface area contributed by atoms with Gasteiger partial charge in [0.2, 0.25) is 0 Å². The van der Waals surface area contributed by atoms with E-state index in [-0.39, 0.29) is 0 Å². The molecule has 1 aromatic carbocycles. The molecular formula is C13H21NO. The van der Waals surface area contributed by atoms with Crippen molar-refractivity contribution < 1.29 is 4.74 Å². The Morgan fingerprint density at radius 1 is 1.13 bits per heavy atom. The number of hydrogen-bond acceptors (Lipinski definition) is 2. The van der Waals surface area contributed by atoms with Crippen LogP contribution in [0, 0.1) is 0 Å². The van der Waals surface area contributed by atoms with Crippen LogP contribution in [-0.2, 0) is 17.9 Å². The van der Waals surface area contributed by atoms with Crippen molar-refractivity contribution in [3.05, 3.63) is 35.4 Å². The van der Waals surface area contributed by atoms with E-state index >= 15 is 0 Å². The summed E-state index contributed by atoms with van der Waals surface area (Å²) in [7, 11) is 0. The number of hydrogen-bond donors (Lipinski definition) is 1. The zero-order valence-electron chi connectivity index (χ0n) is 9.92. The Balaban J connectivity index is 2.41. The van der Waals surface area contributed by atoms with Gasteiger partial charge >= 0.3 is 0 Å². The first kappa shape index (κ1) is 12.2. The molecule has 0 radical (unpaired) electrons. The topological polar surface area (TPSA) is 21.3 Å². The van der Waals surface area contributed by atoms with Crippen molar-refractivity contribution in [1.82, 2.24) is 5.32 Å². The fourth-order valence-electron chi connectivity index (χ4n) is 1.29. The van der Waals surface area contributed by atoms with Gasteiger partial charge in [0.1, 0.15) is 0 Å². The molecular weight excluding hydrogens is 186 g/mol. The van der Waals surface area contributed by atoms with Crippen molar-refractivity contribution in [2.24, 2.45) is 0 Å². The first-order chi connectivity index (χ1) is 7.22. The molecule has 0 atom stereocenters. The van der Waals surface area contributed by atoms with Crippen LogP contribution < -0.4 is 5.32 Å². The van der Waals surface area contributed by atoms with Crippen LogP contribution in [0.3, 0.4) is 0 Å². The second-order valence-corrected chi connectivity index (χ2v) is 3.96. The van der Waals surface area contributed by atoms with E-state index in [1.807, 2.05) is 0 Å². The lowest BCUT2D eigenvalue weighted by atomic mass is 10.1. The molecule has 0 aromatic heterocycles. The number of nitrogens with one attached hydrogen (secondary N) is 1. The Morgan fingerprint density at radius 3 is 2.27 bits per heavy atom. The largest absolute Gasteiger partial charge is 0.374 e. The average Bonchev–Trinajstić information content (AvgIpc) is 2.25. The normalized spacial score (nSPS) is 10.9. The van der Waals surface area contributed by atoms with Gasteiger partial charge in [0.25, 0.3) is 0 Å². The van der Waals surface area contributed by atoms with Crippen LogP contribution in [0.1, 0.15) is 31.9 Å². The van der Waals surface area contributed by atoms with Crippen molar-refractivity contribution in [3.63, 3.8) is 0 Å². The molecule has 0 aliphatic carbocycles. The molecule has 2 heteroatoms. The molecule has 15 heavy (non-hydrogen) atoms. The number of benzene rings is 1. The van der Waals surface area contributed by atoms with E-state index in [1.165, 1.54) is 11.1 Å². The molecule has 0 aliphatic heterocycles. The first-order valence-corrected chi connectivity index (χ1v) is 5.62. The summed E-state index contributed by atoms with van der Waals surface area (Å²) in [6.45, 7) is 8.89. The van der Waals surface area contributed by atoms with Crippen LogP contribution in [-0.4, -0.2) is 12.6 Å². The minimum absolute atomic E-state index is 0.298. The summed E-state index contributed by atoms with van der Waals surface area (Å²) in [5, 5.41) is 3.30. The molecule has 84 valence electrons. The summed E-state index contributed by atoms with van der Waals surface area (Å²) >= 11 is 0. The highest BCUT2D eigenvalue weighted by molar-refractivity contribution is 5.21. The van der Waals surface area contributed by atoms with E-state index in [9.17, 15) is 0 Å². The van der Waals surface area contributed by atoms with E-state index in [1.54, 1.807) is 0 Å². The predicted octanol–water partition coefficient (Wildman–Crippen LogP) is 2.72. The van der Waals surface area contributed by atoms with Crippen molar-refractivity contribution in [3.8, 4) is 0 Å².